The number of aliphatic carboxylic acids is 1. The van der Waals surface area contributed by atoms with Crippen LogP contribution in [-0.4, -0.2) is 54.0 Å². The van der Waals surface area contributed by atoms with Gasteiger partial charge in [-0.3, -0.25) is 9.59 Å². The van der Waals surface area contributed by atoms with Gasteiger partial charge in [0.05, 0.1) is 0 Å². The standard InChI is InChI=1S/C15H20N2O3/c1-4-9-17(11-14(18)19)15(20)13-7-5-12(6-8-13)10-16(2)3/h4-8H,1,9-11H2,2-3H3,(H,18,19). The van der Waals surface area contributed by atoms with Gasteiger partial charge in [0, 0.05) is 18.7 Å². The number of hydrogen-bond acceptors (Lipinski definition) is 3. The number of hydrogen-bond donors (Lipinski definition) is 1. The monoisotopic (exact) mass is 276 g/mol. The van der Waals surface area contributed by atoms with Crippen molar-refractivity contribution in [1.82, 2.24) is 9.80 Å². The number of carbonyl (C=O) groups is 2. The van der Waals surface area contributed by atoms with Crippen molar-refractivity contribution in [2.45, 2.75) is 6.54 Å². The number of carbonyl (C=O) groups excluding carboxylic acids is 1. The van der Waals surface area contributed by atoms with Gasteiger partial charge in [-0.2, -0.15) is 0 Å². The minimum absolute atomic E-state index is 0.213. The molecule has 1 aromatic carbocycles. The fourth-order valence-electron chi connectivity index (χ4n) is 1.84. The number of nitrogens with zero attached hydrogens (tertiary/aromatic N) is 2. The van der Waals surface area contributed by atoms with Gasteiger partial charge in [0.2, 0.25) is 0 Å². The Morgan fingerprint density at radius 2 is 1.85 bits per heavy atom. The largest absolute Gasteiger partial charge is 0.480 e. The van der Waals surface area contributed by atoms with E-state index < -0.39 is 5.97 Å². The van der Waals surface area contributed by atoms with Crippen LogP contribution in [0.2, 0.25) is 0 Å². The fraction of sp³-hybridized carbons (Fsp3) is 0.333. The van der Waals surface area contributed by atoms with E-state index in [1.807, 2.05) is 31.1 Å². The molecule has 5 nitrogen and oxygen atoms in total. The molecular weight excluding hydrogens is 256 g/mol. The highest BCUT2D eigenvalue weighted by Gasteiger charge is 2.17. The summed E-state index contributed by atoms with van der Waals surface area (Å²) in [6.07, 6.45) is 1.52. The van der Waals surface area contributed by atoms with E-state index in [0.29, 0.717) is 5.56 Å². The van der Waals surface area contributed by atoms with Crippen molar-refractivity contribution in [3.05, 3.63) is 48.0 Å². The quantitative estimate of drug-likeness (QED) is 0.766. The van der Waals surface area contributed by atoms with E-state index in [-0.39, 0.29) is 19.0 Å². The molecule has 0 aliphatic rings. The lowest BCUT2D eigenvalue weighted by atomic mass is 10.1. The highest BCUT2D eigenvalue weighted by molar-refractivity contribution is 5.96. The van der Waals surface area contributed by atoms with E-state index in [9.17, 15) is 9.59 Å². The Morgan fingerprint density at radius 1 is 1.25 bits per heavy atom. The Hall–Kier alpha value is -2.14. The number of amides is 1. The van der Waals surface area contributed by atoms with E-state index in [4.69, 9.17) is 5.11 Å². The van der Waals surface area contributed by atoms with Crippen LogP contribution < -0.4 is 0 Å². The van der Waals surface area contributed by atoms with E-state index in [1.165, 1.54) is 11.0 Å². The summed E-state index contributed by atoms with van der Waals surface area (Å²) in [6, 6.07) is 7.19. The molecule has 0 bridgehead atoms. The van der Waals surface area contributed by atoms with Gasteiger partial charge in [-0.25, -0.2) is 0 Å². The van der Waals surface area contributed by atoms with Gasteiger partial charge in [-0.15, -0.1) is 6.58 Å². The number of rotatable bonds is 7. The predicted molar refractivity (Wildman–Crippen MR) is 77.6 cm³/mol. The summed E-state index contributed by atoms with van der Waals surface area (Å²) in [5, 5.41) is 8.82. The predicted octanol–water partition coefficient (Wildman–Crippen LogP) is 1.46. The van der Waals surface area contributed by atoms with E-state index in [0.717, 1.165) is 12.1 Å². The Bertz CT molecular complexity index is 480. The van der Waals surface area contributed by atoms with Gasteiger partial charge >= 0.3 is 5.97 Å². The molecular formula is C15H20N2O3. The summed E-state index contributed by atoms with van der Waals surface area (Å²) in [5.41, 5.74) is 1.58. The van der Waals surface area contributed by atoms with Crippen molar-refractivity contribution < 1.29 is 14.7 Å². The maximum atomic E-state index is 12.2. The third-order valence-electron chi connectivity index (χ3n) is 2.66. The van der Waals surface area contributed by atoms with E-state index in [2.05, 4.69) is 6.58 Å². The molecule has 0 saturated carbocycles. The first kappa shape index (κ1) is 15.9. The first-order chi connectivity index (χ1) is 9.43. The average molecular weight is 276 g/mol. The van der Waals surface area contributed by atoms with Crippen molar-refractivity contribution in [3.63, 3.8) is 0 Å². The second kappa shape index (κ2) is 7.45. The highest BCUT2D eigenvalue weighted by Crippen LogP contribution is 2.09. The molecule has 0 spiro atoms. The van der Waals surface area contributed by atoms with Crippen molar-refractivity contribution in [3.8, 4) is 0 Å². The zero-order valence-electron chi connectivity index (χ0n) is 11.9. The minimum Gasteiger partial charge on any atom is -0.480 e. The molecule has 20 heavy (non-hydrogen) atoms. The molecule has 1 amide bonds. The number of carboxylic acids is 1. The van der Waals surface area contributed by atoms with Crippen molar-refractivity contribution >= 4 is 11.9 Å². The topological polar surface area (TPSA) is 60.9 Å². The fourth-order valence-corrected chi connectivity index (χ4v) is 1.84. The van der Waals surface area contributed by atoms with Crippen LogP contribution in [0.15, 0.2) is 36.9 Å². The van der Waals surface area contributed by atoms with E-state index in [1.54, 1.807) is 12.1 Å². The molecule has 0 aliphatic carbocycles. The summed E-state index contributed by atoms with van der Waals surface area (Å²) in [5.74, 6) is -1.34. The Morgan fingerprint density at radius 3 is 2.30 bits per heavy atom. The Kier molecular flexibility index (Phi) is 5.93. The van der Waals surface area contributed by atoms with Gasteiger partial charge in [-0.05, 0) is 31.8 Å². The summed E-state index contributed by atoms with van der Waals surface area (Å²) in [7, 11) is 3.94. The molecule has 5 heteroatoms. The summed E-state index contributed by atoms with van der Waals surface area (Å²) < 4.78 is 0. The zero-order chi connectivity index (χ0) is 15.1. The second-order valence-corrected chi connectivity index (χ2v) is 4.80. The van der Waals surface area contributed by atoms with Crippen LogP contribution in [0.1, 0.15) is 15.9 Å². The van der Waals surface area contributed by atoms with Crippen LogP contribution in [0, 0.1) is 0 Å². The highest BCUT2D eigenvalue weighted by atomic mass is 16.4. The zero-order valence-corrected chi connectivity index (χ0v) is 11.9. The molecule has 108 valence electrons. The lowest BCUT2D eigenvalue weighted by molar-refractivity contribution is -0.137. The van der Waals surface area contributed by atoms with Crippen molar-refractivity contribution in [2.75, 3.05) is 27.2 Å². The van der Waals surface area contributed by atoms with Crippen LogP contribution >= 0.6 is 0 Å². The maximum Gasteiger partial charge on any atom is 0.323 e. The first-order valence-electron chi connectivity index (χ1n) is 6.29. The van der Waals surface area contributed by atoms with Crippen LogP contribution in [-0.2, 0) is 11.3 Å². The lowest BCUT2D eigenvalue weighted by Crippen LogP contribution is -2.35. The first-order valence-corrected chi connectivity index (χ1v) is 6.29. The molecule has 0 heterocycles. The summed E-state index contributed by atoms with van der Waals surface area (Å²) in [6.45, 7) is 4.21. The summed E-state index contributed by atoms with van der Waals surface area (Å²) >= 11 is 0. The molecule has 0 fully saturated rings. The van der Waals surface area contributed by atoms with Crippen molar-refractivity contribution in [2.24, 2.45) is 0 Å². The maximum absolute atomic E-state index is 12.2. The number of carboxylic acid groups (broad SMARTS) is 1. The molecule has 0 radical (unpaired) electrons. The third-order valence-corrected chi connectivity index (χ3v) is 2.66. The number of benzene rings is 1. The van der Waals surface area contributed by atoms with Crippen LogP contribution in [0.5, 0.6) is 0 Å². The Balaban J connectivity index is 2.83. The molecule has 1 aromatic rings. The third kappa shape index (κ3) is 4.85. The molecule has 0 atom stereocenters. The van der Waals surface area contributed by atoms with Gasteiger partial charge in [0.1, 0.15) is 6.54 Å². The molecule has 0 unspecified atom stereocenters. The van der Waals surface area contributed by atoms with Crippen LogP contribution in [0.3, 0.4) is 0 Å². The average Bonchev–Trinajstić information content (AvgIpc) is 2.37. The van der Waals surface area contributed by atoms with E-state index >= 15 is 0 Å². The SMILES string of the molecule is C=CCN(CC(=O)O)C(=O)c1ccc(CN(C)C)cc1. The van der Waals surface area contributed by atoms with Crippen molar-refractivity contribution in [1.29, 1.82) is 0 Å². The smallest absolute Gasteiger partial charge is 0.323 e. The molecule has 1 rings (SSSR count). The van der Waals surface area contributed by atoms with Gasteiger partial charge in [-0.1, -0.05) is 18.2 Å². The molecule has 1 N–H and O–H groups in total. The molecule has 0 saturated heterocycles. The molecule has 0 aliphatic heterocycles. The molecule has 0 aromatic heterocycles. The van der Waals surface area contributed by atoms with Gasteiger partial charge in [0.15, 0.2) is 0 Å². The van der Waals surface area contributed by atoms with Gasteiger partial charge in [0.25, 0.3) is 5.91 Å². The van der Waals surface area contributed by atoms with Gasteiger partial charge < -0.3 is 14.9 Å². The lowest BCUT2D eigenvalue weighted by Gasteiger charge is -2.19. The minimum atomic E-state index is -1.04. The Labute approximate surface area is 119 Å². The second-order valence-electron chi connectivity index (χ2n) is 4.80. The normalized spacial score (nSPS) is 10.3. The van der Waals surface area contributed by atoms with Crippen LogP contribution in [0.4, 0.5) is 0 Å². The van der Waals surface area contributed by atoms with Crippen LogP contribution in [0.25, 0.3) is 0 Å². The summed E-state index contributed by atoms with van der Waals surface area (Å²) in [4.78, 5) is 26.2.